The van der Waals surface area contributed by atoms with E-state index in [0.29, 0.717) is 29.7 Å². The molecule has 2 aromatic carbocycles. The lowest BCUT2D eigenvalue weighted by Crippen LogP contribution is -2.14. The smallest absolute Gasteiger partial charge is 0.258 e. The molecule has 3 aromatic rings. The van der Waals surface area contributed by atoms with Crippen LogP contribution in [0.2, 0.25) is 0 Å². The van der Waals surface area contributed by atoms with Gasteiger partial charge in [-0.2, -0.15) is 0 Å². The van der Waals surface area contributed by atoms with Crippen LogP contribution in [0, 0.1) is 5.82 Å². The average molecular weight is 396 g/mol. The van der Waals surface area contributed by atoms with Crippen molar-refractivity contribution in [3.63, 3.8) is 0 Å². The average Bonchev–Trinajstić information content (AvgIpc) is 2.74. The zero-order chi connectivity index (χ0) is 20.6. The standard InChI is InChI=1S/C21H21FN4O3/c1-28-18-7-6-14(10-19(18)29-2)8-9-23-21-24-12-15(13-25-21)20(27)26-17-5-3-4-16(22)11-17/h3-7,10-13H,8-9H2,1-2H3,(H,26,27)(H,23,24,25). The maximum atomic E-state index is 13.2. The molecule has 7 nitrogen and oxygen atoms in total. The van der Waals surface area contributed by atoms with E-state index in [1.807, 2.05) is 18.2 Å². The summed E-state index contributed by atoms with van der Waals surface area (Å²) in [6, 6.07) is 11.4. The van der Waals surface area contributed by atoms with Crippen molar-refractivity contribution in [2.45, 2.75) is 6.42 Å². The highest BCUT2D eigenvalue weighted by molar-refractivity contribution is 6.03. The second-order valence-corrected chi connectivity index (χ2v) is 6.13. The summed E-state index contributed by atoms with van der Waals surface area (Å²) in [5.74, 6) is 0.933. The van der Waals surface area contributed by atoms with E-state index in [2.05, 4.69) is 20.6 Å². The highest BCUT2D eigenvalue weighted by Crippen LogP contribution is 2.27. The number of carbonyl (C=O) groups excluding carboxylic acids is 1. The van der Waals surface area contributed by atoms with Crippen molar-refractivity contribution in [2.24, 2.45) is 0 Å². The minimum absolute atomic E-state index is 0.278. The molecule has 0 saturated carbocycles. The number of nitrogens with one attached hydrogen (secondary N) is 2. The van der Waals surface area contributed by atoms with Crippen LogP contribution in [0.1, 0.15) is 15.9 Å². The molecule has 0 aliphatic rings. The second kappa shape index (κ2) is 9.50. The van der Waals surface area contributed by atoms with Crippen molar-refractivity contribution in [3.8, 4) is 11.5 Å². The molecular weight excluding hydrogens is 375 g/mol. The number of hydrogen-bond acceptors (Lipinski definition) is 6. The van der Waals surface area contributed by atoms with Crippen molar-refractivity contribution in [3.05, 3.63) is 71.8 Å². The minimum atomic E-state index is -0.423. The molecule has 1 amide bonds. The van der Waals surface area contributed by atoms with Gasteiger partial charge in [-0.25, -0.2) is 14.4 Å². The van der Waals surface area contributed by atoms with Gasteiger partial charge in [0.15, 0.2) is 11.5 Å². The molecule has 0 radical (unpaired) electrons. The fourth-order valence-electron chi connectivity index (χ4n) is 2.66. The Morgan fingerprint density at radius 3 is 2.48 bits per heavy atom. The molecule has 2 N–H and O–H groups in total. The zero-order valence-electron chi connectivity index (χ0n) is 16.1. The zero-order valence-corrected chi connectivity index (χ0v) is 16.1. The first-order chi connectivity index (χ1) is 14.1. The predicted molar refractivity (Wildman–Crippen MR) is 108 cm³/mol. The molecule has 3 rings (SSSR count). The normalized spacial score (nSPS) is 10.3. The summed E-state index contributed by atoms with van der Waals surface area (Å²) in [5.41, 5.74) is 1.72. The van der Waals surface area contributed by atoms with E-state index in [1.165, 1.54) is 30.6 Å². The van der Waals surface area contributed by atoms with Gasteiger partial charge in [0.25, 0.3) is 5.91 Å². The van der Waals surface area contributed by atoms with E-state index in [4.69, 9.17) is 9.47 Å². The van der Waals surface area contributed by atoms with Gasteiger partial charge in [-0.15, -0.1) is 0 Å². The fourth-order valence-corrected chi connectivity index (χ4v) is 2.66. The Hall–Kier alpha value is -3.68. The number of carbonyl (C=O) groups is 1. The first-order valence-electron chi connectivity index (χ1n) is 8.93. The molecule has 0 bridgehead atoms. The lowest BCUT2D eigenvalue weighted by atomic mass is 10.1. The number of halogens is 1. The number of amides is 1. The van der Waals surface area contributed by atoms with E-state index in [1.54, 1.807) is 20.3 Å². The predicted octanol–water partition coefficient (Wildman–Crippen LogP) is 3.54. The molecule has 29 heavy (non-hydrogen) atoms. The maximum Gasteiger partial charge on any atom is 0.258 e. The third kappa shape index (κ3) is 5.41. The van der Waals surface area contributed by atoms with Crippen molar-refractivity contribution < 1.29 is 18.7 Å². The summed E-state index contributed by atoms with van der Waals surface area (Å²) >= 11 is 0. The van der Waals surface area contributed by atoms with Crippen molar-refractivity contribution >= 4 is 17.5 Å². The van der Waals surface area contributed by atoms with Gasteiger partial charge in [-0.05, 0) is 42.3 Å². The minimum Gasteiger partial charge on any atom is -0.493 e. The fraction of sp³-hybridized carbons (Fsp3) is 0.190. The van der Waals surface area contributed by atoms with Crippen LogP contribution < -0.4 is 20.1 Å². The second-order valence-electron chi connectivity index (χ2n) is 6.13. The summed E-state index contributed by atoms with van der Waals surface area (Å²) in [4.78, 5) is 20.5. The topological polar surface area (TPSA) is 85.4 Å². The molecule has 0 unspecified atom stereocenters. The molecule has 0 spiro atoms. The molecule has 1 aromatic heterocycles. The van der Waals surface area contributed by atoms with Crippen LogP contribution in [-0.4, -0.2) is 36.6 Å². The summed E-state index contributed by atoms with van der Waals surface area (Å²) in [6.45, 7) is 0.602. The van der Waals surface area contributed by atoms with Gasteiger partial charge in [0.05, 0.1) is 19.8 Å². The SMILES string of the molecule is COc1ccc(CCNc2ncc(C(=O)Nc3cccc(F)c3)cn2)cc1OC. The van der Waals surface area contributed by atoms with Crippen molar-refractivity contribution in [1.29, 1.82) is 0 Å². The highest BCUT2D eigenvalue weighted by atomic mass is 19.1. The number of ether oxygens (including phenoxy) is 2. The Balaban J connectivity index is 1.53. The van der Waals surface area contributed by atoms with E-state index < -0.39 is 11.7 Å². The maximum absolute atomic E-state index is 13.2. The summed E-state index contributed by atoms with van der Waals surface area (Å²) in [5, 5.41) is 5.71. The van der Waals surface area contributed by atoms with Crippen molar-refractivity contribution in [1.82, 2.24) is 9.97 Å². The van der Waals surface area contributed by atoms with Gasteiger partial charge in [0.1, 0.15) is 5.82 Å². The van der Waals surface area contributed by atoms with Gasteiger partial charge in [-0.1, -0.05) is 12.1 Å². The third-order valence-corrected chi connectivity index (χ3v) is 4.14. The summed E-state index contributed by atoms with van der Waals surface area (Å²) in [6.07, 6.45) is 3.56. The third-order valence-electron chi connectivity index (χ3n) is 4.14. The van der Waals surface area contributed by atoms with Gasteiger partial charge >= 0.3 is 0 Å². The van der Waals surface area contributed by atoms with Crippen LogP contribution in [0.3, 0.4) is 0 Å². The summed E-state index contributed by atoms with van der Waals surface area (Å²) in [7, 11) is 3.19. The first-order valence-corrected chi connectivity index (χ1v) is 8.93. The van der Waals surface area contributed by atoms with Crippen LogP contribution in [0.15, 0.2) is 54.9 Å². The number of nitrogens with zero attached hydrogens (tertiary/aromatic N) is 2. The Morgan fingerprint density at radius 1 is 1.03 bits per heavy atom. The Kier molecular flexibility index (Phi) is 6.57. The van der Waals surface area contributed by atoms with Gasteiger partial charge in [0, 0.05) is 24.6 Å². The van der Waals surface area contributed by atoms with Crippen LogP contribution in [0.25, 0.3) is 0 Å². The molecular formula is C21H21FN4O3. The molecule has 0 saturated heterocycles. The molecule has 0 atom stereocenters. The number of aromatic nitrogens is 2. The lowest BCUT2D eigenvalue weighted by Gasteiger charge is -2.10. The van der Waals surface area contributed by atoms with E-state index >= 15 is 0 Å². The molecule has 0 aliphatic carbocycles. The quantitative estimate of drug-likeness (QED) is 0.606. The molecule has 8 heteroatoms. The number of methoxy groups -OCH3 is 2. The molecule has 150 valence electrons. The van der Waals surface area contributed by atoms with Crippen LogP contribution in [-0.2, 0) is 6.42 Å². The summed E-state index contributed by atoms with van der Waals surface area (Å²) < 4.78 is 23.7. The first kappa shape index (κ1) is 20.1. The Labute approximate surface area is 167 Å². The van der Waals surface area contributed by atoms with Crippen LogP contribution >= 0.6 is 0 Å². The van der Waals surface area contributed by atoms with E-state index in [9.17, 15) is 9.18 Å². The number of rotatable bonds is 8. The monoisotopic (exact) mass is 396 g/mol. The number of anilines is 2. The van der Waals surface area contributed by atoms with E-state index in [0.717, 1.165) is 12.0 Å². The van der Waals surface area contributed by atoms with Crippen LogP contribution in [0.5, 0.6) is 11.5 Å². The van der Waals surface area contributed by atoms with Gasteiger partial charge < -0.3 is 20.1 Å². The lowest BCUT2D eigenvalue weighted by molar-refractivity contribution is 0.102. The Bertz CT molecular complexity index is 980. The van der Waals surface area contributed by atoms with Gasteiger partial charge in [0.2, 0.25) is 5.95 Å². The highest BCUT2D eigenvalue weighted by Gasteiger charge is 2.09. The van der Waals surface area contributed by atoms with Crippen LogP contribution in [0.4, 0.5) is 16.0 Å². The van der Waals surface area contributed by atoms with Gasteiger partial charge in [-0.3, -0.25) is 4.79 Å². The molecule has 0 aliphatic heterocycles. The molecule has 1 heterocycles. The molecule has 0 fully saturated rings. The van der Waals surface area contributed by atoms with E-state index in [-0.39, 0.29) is 5.56 Å². The Morgan fingerprint density at radius 2 is 1.79 bits per heavy atom. The largest absolute Gasteiger partial charge is 0.493 e. The van der Waals surface area contributed by atoms with Crippen molar-refractivity contribution in [2.75, 3.05) is 31.4 Å². The number of hydrogen-bond donors (Lipinski definition) is 2. The number of benzene rings is 2.